The van der Waals surface area contributed by atoms with Gasteiger partial charge in [-0.2, -0.15) is 0 Å². The number of aliphatic imine (C=N–C) groups is 1. The Labute approximate surface area is 167 Å². The van der Waals surface area contributed by atoms with Crippen molar-refractivity contribution in [3.8, 4) is 5.75 Å². The maximum atomic E-state index is 12.8. The quantitative estimate of drug-likeness (QED) is 0.478. The molecule has 0 saturated heterocycles. The van der Waals surface area contributed by atoms with Crippen LogP contribution in [0.2, 0.25) is 0 Å². The number of hydrogen-bond acceptors (Lipinski definition) is 7. The Bertz CT molecular complexity index is 933. The Kier molecular flexibility index (Phi) is 5.64. The number of aryl methyl sites for hydroxylation is 1. The number of benzene rings is 1. The largest absolute Gasteiger partial charge is 0.488 e. The molecule has 1 aromatic heterocycles. The molecule has 0 unspecified atom stereocenters. The second-order valence-corrected chi connectivity index (χ2v) is 7.66. The molecule has 0 spiro atoms. The summed E-state index contributed by atoms with van der Waals surface area (Å²) in [6.45, 7) is 2.29. The maximum Gasteiger partial charge on any atom is 0.270 e. The fourth-order valence-electron chi connectivity index (χ4n) is 3.03. The van der Waals surface area contributed by atoms with Gasteiger partial charge in [0.05, 0.1) is 16.1 Å². The molecule has 2 aromatic rings. The predicted octanol–water partition coefficient (Wildman–Crippen LogP) is 1.56. The fourth-order valence-corrected chi connectivity index (χ4v) is 3.72. The van der Waals surface area contributed by atoms with Gasteiger partial charge in [-0.3, -0.25) is 14.6 Å². The third kappa shape index (κ3) is 3.84. The maximum absolute atomic E-state index is 12.8. The van der Waals surface area contributed by atoms with Crippen LogP contribution in [-0.4, -0.2) is 35.1 Å². The van der Waals surface area contributed by atoms with Gasteiger partial charge in [0.1, 0.15) is 23.6 Å². The molecule has 9 heteroatoms. The summed E-state index contributed by atoms with van der Waals surface area (Å²) in [5, 5.41) is 2.74. The molecule has 5 N–H and O–H groups in total. The topological polar surface area (TPSA) is 133 Å². The number of rotatable bonds is 7. The van der Waals surface area contributed by atoms with E-state index < -0.39 is 17.4 Å². The highest BCUT2D eigenvalue weighted by molar-refractivity contribution is 7.09. The Morgan fingerprint density at radius 1 is 1.39 bits per heavy atom. The molecule has 1 heterocycles. The summed E-state index contributed by atoms with van der Waals surface area (Å²) < 4.78 is 5.83. The Balaban J connectivity index is 1.79. The number of carbonyl (C=O) groups excluding carboxylic acids is 2. The summed E-state index contributed by atoms with van der Waals surface area (Å²) >= 11 is 1.52. The Hall–Kier alpha value is -2.94. The van der Waals surface area contributed by atoms with Crippen LogP contribution in [0.3, 0.4) is 0 Å². The lowest BCUT2D eigenvalue weighted by atomic mass is 9.76. The van der Waals surface area contributed by atoms with Crippen molar-refractivity contribution in [3.63, 3.8) is 0 Å². The molecule has 3 rings (SSSR count). The first kappa shape index (κ1) is 19.8. The third-order valence-corrected chi connectivity index (χ3v) is 5.87. The van der Waals surface area contributed by atoms with Crippen LogP contribution in [0.15, 0.2) is 28.7 Å². The molecule has 148 valence electrons. The zero-order valence-electron chi connectivity index (χ0n) is 15.8. The van der Waals surface area contributed by atoms with Gasteiger partial charge in [-0.15, -0.1) is 11.3 Å². The standard InChI is InChI=1S/C19H23N5O3S/c1-11-15(28-10-23-11)9-27-12-4-5-14(20)13(8-12)16(22-2)17(25)24-19(18(21)26)6-3-7-19/h4-5,8,10H,3,6-7,9,20H2,1-2H3,(H2,21,26)(H,24,25). The molecule has 0 radical (unpaired) electrons. The molecule has 1 fully saturated rings. The van der Waals surface area contributed by atoms with E-state index >= 15 is 0 Å². The van der Waals surface area contributed by atoms with Crippen molar-refractivity contribution in [1.29, 1.82) is 0 Å². The van der Waals surface area contributed by atoms with E-state index in [9.17, 15) is 9.59 Å². The molecular weight excluding hydrogens is 378 g/mol. The van der Waals surface area contributed by atoms with Gasteiger partial charge in [0.25, 0.3) is 5.91 Å². The van der Waals surface area contributed by atoms with Gasteiger partial charge in [-0.1, -0.05) is 0 Å². The first-order chi connectivity index (χ1) is 13.4. The van der Waals surface area contributed by atoms with Gasteiger partial charge < -0.3 is 21.5 Å². The first-order valence-corrected chi connectivity index (χ1v) is 9.75. The number of hydrogen-bond donors (Lipinski definition) is 3. The lowest BCUT2D eigenvalue weighted by molar-refractivity contribution is -0.132. The van der Waals surface area contributed by atoms with Crippen molar-refractivity contribution < 1.29 is 14.3 Å². The summed E-state index contributed by atoms with van der Waals surface area (Å²) in [6.07, 6.45) is 1.89. The number of amides is 2. The van der Waals surface area contributed by atoms with Crippen molar-refractivity contribution in [1.82, 2.24) is 10.3 Å². The lowest BCUT2D eigenvalue weighted by Crippen LogP contribution is -2.62. The van der Waals surface area contributed by atoms with Gasteiger partial charge in [0.2, 0.25) is 5.91 Å². The average molecular weight is 401 g/mol. The smallest absolute Gasteiger partial charge is 0.270 e. The molecule has 0 atom stereocenters. The Morgan fingerprint density at radius 3 is 2.68 bits per heavy atom. The van der Waals surface area contributed by atoms with Crippen molar-refractivity contribution in [2.45, 2.75) is 38.3 Å². The zero-order chi connectivity index (χ0) is 20.3. The minimum Gasteiger partial charge on any atom is -0.488 e. The van der Waals surface area contributed by atoms with E-state index in [-0.39, 0.29) is 5.71 Å². The van der Waals surface area contributed by atoms with Gasteiger partial charge >= 0.3 is 0 Å². The fraction of sp³-hybridized carbons (Fsp3) is 0.368. The molecule has 1 aliphatic rings. The van der Waals surface area contributed by atoms with E-state index in [2.05, 4.69) is 15.3 Å². The minimum absolute atomic E-state index is 0.129. The number of thiazole rings is 1. The second-order valence-electron chi connectivity index (χ2n) is 6.72. The summed E-state index contributed by atoms with van der Waals surface area (Å²) in [6, 6.07) is 5.07. The number of anilines is 1. The number of nitrogens with two attached hydrogens (primary N) is 2. The van der Waals surface area contributed by atoms with Crippen LogP contribution in [0.1, 0.15) is 35.4 Å². The highest BCUT2D eigenvalue weighted by atomic mass is 32.1. The van der Waals surface area contributed by atoms with Gasteiger partial charge in [-0.05, 0) is 44.4 Å². The van der Waals surface area contributed by atoms with Crippen LogP contribution in [0.4, 0.5) is 5.69 Å². The first-order valence-electron chi connectivity index (χ1n) is 8.87. The highest BCUT2D eigenvalue weighted by Crippen LogP contribution is 2.32. The SMILES string of the molecule is CN=C(C(=O)NC1(C(N)=O)CCC1)c1cc(OCc2scnc2C)ccc1N. The number of ether oxygens (including phenoxy) is 1. The van der Waals surface area contributed by atoms with Crippen LogP contribution in [0.5, 0.6) is 5.75 Å². The molecule has 1 saturated carbocycles. The molecule has 8 nitrogen and oxygen atoms in total. The Morgan fingerprint density at radius 2 is 2.14 bits per heavy atom. The van der Waals surface area contributed by atoms with E-state index in [4.69, 9.17) is 16.2 Å². The number of primary amides is 1. The monoisotopic (exact) mass is 401 g/mol. The number of carbonyl (C=O) groups is 2. The number of nitrogen functional groups attached to an aromatic ring is 1. The lowest BCUT2D eigenvalue weighted by Gasteiger charge is -2.39. The zero-order valence-corrected chi connectivity index (χ0v) is 16.6. The summed E-state index contributed by atoms with van der Waals surface area (Å²) in [4.78, 5) is 33.9. The normalized spacial score (nSPS) is 15.6. The van der Waals surface area contributed by atoms with Gasteiger partial charge in [0.15, 0.2) is 0 Å². The van der Waals surface area contributed by atoms with E-state index in [1.807, 2.05) is 6.92 Å². The summed E-state index contributed by atoms with van der Waals surface area (Å²) in [5.74, 6) is -0.463. The number of aromatic nitrogens is 1. The second kappa shape index (κ2) is 7.97. The molecule has 2 amide bonds. The molecule has 0 bridgehead atoms. The van der Waals surface area contributed by atoms with E-state index in [1.54, 1.807) is 23.7 Å². The van der Waals surface area contributed by atoms with E-state index in [1.165, 1.54) is 18.4 Å². The van der Waals surface area contributed by atoms with Crippen molar-refractivity contribution in [2.75, 3.05) is 12.8 Å². The molecule has 1 aliphatic carbocycles. The van der Waals surface area contributed by atoms with E-state index in [0.717, 1.165) is 17.0 Å². The average Bonchev–Trinajstić information content (AvgIpc) is 3.03. The molecule has 0 aliphatic heterocycles. The summed E-state index contributed by atoms with van der Waals surface area (Å²) in [5.41, 5.74) is 14.2. The molecular formula is C19H23N5O3S. The van der Waals surface area contributed by atoms with Crippen molar-refractivity contribution in [2.24, 2.45) is 10.7 Å². The van der Waals surface area contributed by atoms with Crippen LogP contribution >= 0.6 is 11.3 Å². The van der Waals surface area contributed by atoms with Crippen LogP contribution in [-0.2, 0) is 16.2 Å². The molecule has 1 aromatic carbocycles. The number of nitrogens with zero attached hydrogens (tertiary/aromatic N) is 2. The van der Waals surface area contributed by atoms with Crippen LogP contribution in [0, 0.1) is 6.92 Å². The van der Waals surface area contributed by atoms with Crippen molar-refractivity contribution >= 4 is 34.6 Å². The van der Waals surface area contributed by atoms with Crippen molar-refractivity contribution in [3.05, 3.63) is 39.8 Å². The number of nitrogens with one attached hydrogen (secondary N) is 1. The van der Waals surface area contributed by atoms with Crippen LogP contribution < -0.4 is 21.5 Å². The van der Waals surface area contributed by atoms with Gasteiger partial charge in [-0.25, -0.2) is 4.98 Å². The highest BCUT2D eigenvalue weighted by Gasteiger charge is 2.44. The van der Waals surface area contributed by atoms with Crippen LogP contribution in [0.25, 0.3) is 0 Å². The third-order valence-electron chi connectivity index (χ3n) is 4.96. The predicted molar refractivity (Wildman–Crippen MR) is 108 cm³/mol. The van der Waals surface area contributed by atoms with E-state index in [0.29, 0.717) is 36.4 Å². The minimum atomic E-state index is -1.00. The summed E-state index contributed by atoms with van der Waals surface area (Å²) in [7, 11) is 1.50. The molecule has 28 heavy (non-hydrogen) atoms. The van der Waals surface area contributed by atoms with Gasteiger partial charge in [0, 0.05) is 18.3 Å².